The number of carbonyl (C=O) groups is 1. The zero-order chi connectivity index (χ0) is 12.3. The summed E-state index contributed by atoms with van der Waals surface area (Å²) in [5.74, 6) is -0.125. The van der Waals surface area contributed by atoms with E-state index in [4.69, 9.17) is 5.11 Å². The monoisotopic (exact) mass is 234 g/mol. The maximum Gasteiger partial charge on any atom is 0.251 e. The van der Waals surface area contributed by atoms with E-state index in [9.17, 15) is 4.79 Å². The normalized spacial score (nSPS) is 15.6. The van der Waals surface area contributed by atoms with Crippen LogP contribution in [-0.4, -0.2) is 30.2 Å². The Morgan fingerprint density at radius 3 is 3.18 bits per heavy atom. The Morgan fingerprint density at radius 2 is 2.41 bits per heavy atom. The van der Waals surface area contributed by atoms with Crippen LogP contribution in [-0.2, 0) is 6.42 Å². The lowest BCUT2D eigenvalue weighted by atomic mass is 10.0. The number of hydrogen-bond donors (Lipinski definition) is 3. The Morgan fingerprint density at radius 1 is 1.59 bits per heavy atom. The molecule has 1 amide bonds. The van der Waals surface area contributed by atoms with E-state index < -0.39 is 0 Å². The smallest absolute Gasteiger partial charge is 0.251 e. The summed E-state index contributed by atoms with van der Waals surface area (Å²) in [5, 5.41) is 15.0. The minimum atomic E-state index is -0.211. The summed E-state index contributed by atoms with van der Waals surface area (Å²) in [4.78, 5) is 11.9. The molecule has 0 spiro atoms. The molecule has 1 aliphatic rings. The summed E-state index contributed by atoms with van der Waals surface area (Å²) in [7, 11) is 0. The first-order valence-electron chi connectivity index (χ1n) is 5.99. The summed E-state index contributed by atoms with van der Waals surface area (Å²) in [6.45, 7) is 2.73. The molecule has 2 rings (SSSR count). The molecular weight excluding hydrogens is 216 g/mol. The van der Waals surface area contributed by atoms with Crippen molar-refractivity contribution in [2.75, 3.05) is 18.5 Å². The van der Waals surface area contributed by atoms with Crippen molar-refractivity contribution >= 4 is 11.6 Å². The summed E-state index contributed by atoms with van der Waals surface area (Å²) in [6, 6.07) is 5.49. The van der Waals surface area contributed by atoms with Crippen LogP contribution in [0, 0.1) is 0 Å². The van der Waals surface area contributed by atoms with E-state index in [1.165, 1.54) is 5.56 Å². The Kier molecular flexibility index (Phi) is 3.64. The molecular formula is C13H18N2O2. The number of nitrogens with one attached hydrogen (secondary N) is 2. The van der Waals surface area contributed by atoms with E-state index in [1.807, 2.05) is 18.2 Å². The number of benzene rings is 1. The van der Waals surface area contributed by atoms with Gasteiger partial charge in [0, 0.05) is 23.8 Å². The Hall–Kier alpha value is -1.55. The zero-order valence-electron chi connectivity index (χ0n) is 9.99. The van der Waals surface area contributed by atoms with E-state index >= 15 is 0 Å². The first-order valence-corrected chi connectivity index (χ1v) is 5.99. The molecule has 4 nitrogen and oxygen atoms in total. The molecule has 17 heavy (non-hydrogen) atoms. The molecule has 0 aliphatic carbocycles. The second kappa shape index (κ2) is 5.19. The van der Waals surface area contributed by atoms with Crippen LogP contribution in [0.15, 0.2) is 18.2 Å². The van der Waals surface area contributed by atoms with Crippen molar-refractivity contribution in [3.63, 3.8) is 0 Å². The Bertz CT molecular complexity index is 418. The van der Waals surface area contributed by atoms with Gasteiger partial charge in [0.1, 0.15) is 0 Å². The third-order valence-electron chi connectivity index (χ3n) is 2.96. The molecule has 1 aliphatic heterocycles. The maximum absolute atomic E-state index is 11.9. The van der Waals surface area contributed by atoms with E-state index in [0.717, 1.165) is 25.1 Å². The lowest BCUT2D eigenvalue weighted by molar-refractivity contribution is 0.0922. The highest BCUT2D eigenvalue weighted by Crippen LogP contribution is 2.22. The molecule has 1 heterocycles. The number of amides is 1. The van der Waals surface area contributed by atoms with Crippen molar-refractivity contribution in [1.82, 2.24) is 5.32 Å². The second-order valence-electron chi connectivity index (χ2n) is 4.46. The molecule has 0 saturated carbocycles. The molecule has 1 aromatic carbocycles. The van der Waals surface area contributed by atoms with E-state index in [-0.39, 0.29) is 18.6 Å². The Balaban J connectivity index is 2.13. The van der Waals surface area contributed by atoms with Gasteiger partial charge in [-0.25, -0.2) is 0 Å². The summed E-state index contributed by atoms with van der Waals surface area (Å²) < 4.78 is 0. The SMILES string of the molecule is C[C@@H](CO)NC(=O)c1ccc2c(c1)CCCN2. The first-order chi connectivity index (χ1) is 8.20. The fraction of sp³-hybridized carbons (Fsp3) is 0.462. The van der Waals surface area contributed by atoms with Crippen molar-refractivity contribution in [3.05, 3.63) is 29.3 Å². The molecule has 92 valence electrons. The number of aryl methyl sites for hydroxylation is 1. The molecule has 4 heteroatoms. The van der Waals surface area contributed by atoms with Gasteiger partial charge in [-0.2, -0.15) is 0 Å². The number of fused-ring (bicyclic) bond motifs is 1. The van der Waals surface area contributed by atoms with Gasteiger partial charge < -0.3 is 15.7 Å². The molecule has 3 N–H and O–H groups in total. The third kappa shape index (κ3) is 2.77. The van der Waals surface area contributed by atoms with E-state index in [1.54, 1.807) is 6.92 Å². The van der Waals surface area contributed by atoms with E-state index in [2.05, 4.69) is 10.6 Å². The minimum absolute atomic E-state index is 0.0434. The van der Waals surface area contributed by atoms with Gasteiger partial charge in [-0.05, 0) is 43.5 Å². The number of rotatable bonds is 3. The largest absolute Gasteiger partial charge is 0.394 e. The number of hydrogen-bond acceptors (Lipinski definition) is 3. The second-order valence-corrected chi connectivity index (χ2v) is 4.46. The highest BCUT2D eigenvalue weighted by molar-refractivity contribution is 5.95. The Labute approximate surface area is 101 Å². The highest BCUT2D eigenvalue weighted by Gasteiger charge is 2.13. The van der Waals surface area contributed by atoms with Crippen molar-refractivity contribution in [2.45, 2.75) is 25.8 Å². The fourth-order valence-corrected chi connectivity index (χ4v) is 1.97. The maximum atomic E-state index is 11.9. The van der Waals surface area contributed by atoms with Crippen LogP contribution in [0.25, 0.3) is 0 Å². The van der Waals surface area contributed by atoms with Crippen LogP contribution in [0.5, 0.6) is 0 Å². The predicted molar refractivity (Wildman–Crippen MR) is 67.3 cm³/mol. The van der Waals surface area contributed by atoms with Gasteiger partial charge in [0.05, 0.1) is 6.61 Å². The van der Waals surface area contributed by atoms with Gasteiger partial charge in [0.25, 0.3) is 5.91 Å². The summed E-state index contributed by atoms with van der Waals surface area (Å²) in [5.41, 5.74) is 2.98. The van der Waals surface area contributed by atoms with Crippen LogP contribution in [0.2, 0.25) is 0 Å². The number of carbonyl (C=O) groups excluding carboxylic acids is 1. The van der Waals surface area contributed by atoms with Crippen molar-refractivity contribution in [1.29, 1.82) is 0 Å². The number of aliphatic hydroxyl groups excluding tert-OH is 1. The molecule has 1 aromatic rings. The fourth-order valence-electron chi connectivity index (χ4n) is 1.97. The number of anilines is 1. The summed E-state index contributed by atoms with van der Waals surface area (Å²) in [6.07, 6.45) is 2.12. The average Bonchev–Trinajstić information content (AvgIpc) is 2.38. The standard InChI is InChI=1S/C13H18N2O2/c1-9(8-16)15-13(17)11-4-5-12-10(7-11)3-2-6-14-12/h4-5,7,9,14,16H,2-3,6,8H2,1H3,(H,15,17)/t9-/m0/s1. The molecule has 0 fully saturated rings. The summed E-state index contributed by atoms with van der Waals surface area (Å²) >= 11 is 0. The van der Waals surface area contributed by atoms with Gasteiger partial charge in [-0.1, -0.05) is 0 Å². The van der Waals surface area contributed by atoms with Crippen LogP contribution < -0.4 is 10.6 Å². The third-order valence-corrected chi connectivity index (χ3v) is 2.96. The molecule has 0 radical (unpaired) electrons. The lowest BCUT2D eigenvalue weighted by Gasteiger charge is -2.19. The molecule has 0 aromatic heterocycles. The van der Waals surface area contributed by atoms with Gasteiger partial charge in [0.15, 0.2) is 0 Å². The topological polar surface area (TPSA) is 61.4 Å². The lowest BCUT2D eigenvalue weighted by Crippen LogP contribution is -2.35. The minimum Gasteiger partial charge on any atom is -0.394 e. The molecule has 0 unspecified atom stereocenters. The molecule has 0 bridgehead atoms. The predicted octanol–water partition coefficient (Wildman–Crippen LogP) is 1.16. The van der Waals surface area contributed by atoms with Gasteiger partial charge in [-0.3, -0.25) is 4.79 Å². The van der Waals surface area contributed by atoms with E-state index in [0.29, 0.717) is 5.56 Å². The first kappa shape index (κ1) is 11.9. The molecule has 1 atom stereocenters. The quantitative estimate of drug-likeness (QED) is 0.735. The van der Waals surface area contributed by atoms with Crippen LogP contribution in [0.3, 0.4) is 0 Å². The highest BCUT2D eigenvalue weighted by atomic mass is 16.3. The van der Waals surface area contributed by atoms with Crippen molar-refractivity contribution < 1.29 is 9.90 Å². The van der Waals surface area contributed by atoms with Crippen LogP contribution in [0.4, 0.5) is 5.69 Å². The van der Waals surface area contributed by atoms with Gasteiger partial charge in [0.2, 0.25) is 0 Å². The zero-order valence-corrected chi connectivity index (χ0v) is 9.99. The van der Waals surface area contributed by atoms with Crippen LogP contribution in [0.1, 0.15) is 29.3 Å². The van der Waals surface area contributed by atoms with Gasteiger partial charge in [-0.15, -0.1) is 0 Å². The van der Waals surface area contributed by atoms with Crippen molar-refractivity contribution in [3.8, 4) is 0 Å². The van der Waals surface area contributed by atoms with Crippen molar-refractivity contribution in [2.24, 2.45) is 0 Å². The molecule has 0 saturated heterocycles. The van der Waals surface area contributed by atoms with Crippen LogP contribution >= 0.6 is 0 Å². The van der Waals surface area contributed by atoms with Gasteiger partial charge >= 0.3 is 0 Å². The average molecular weight is 234 g/mol. The number of aliphatic hydroxyl groups is 1.